The van der Waals surface area contributed by atoms with Crippen molar-refractivity contribution in [3.63, 3.8) is 0 Å². The molecule has 0 unspecified atom stereocenters. The molecule has 0 aliphatic rings. The van der Waals surface area contributed by atoms with Crippen molar-refractivity contribution >= 4 is 26.9 Å². The lowest BCUT2D eigenvalue weighted by molar-refractivity contribution is 0.616. The Bertz CT molecular complexity index is 454. The summed E-state index contributed by atoms with van der Waals surface area (Å²) in [5.41, 5.74) is 0.598. The SMILES string of the molecule is [2H]C([2H])([2H])[C@H](N[S@@](=O)C(C)(C)C)c1ccc(Br)cc1. The first-order valence-electron chi connectivity index (χ1n) is 6.45. The molecule has 90 valence electrons. The van der Waals surface area contributed by atoms with Crippen LogP contribution in [0.3, 0.4) is 0 Å². The average molecular weight is 307 g/mol. The smallest absolute Gasteiger partial charge is 0.0975 e. The molecule has 4 heteroatoms. The molecule has 1 aromatic carbocycles. The lowest BCUT2D eigenvalue weighted by atomic mass is 10.1. The third-order valence-electron chi connectivity index (χ3n) is 1.98. The number of nitrogens with one attached hydrogen (secondary N) is 1. The lowest BCUT2D eigenvalue weighted by Crippen LogP contribution is -2.34. The van der Waals surface area contributed by atoms with Crippen molar-refractivity contribution in [2.45, 2.75) is 38.4 Å². The fraction of sp³-hybridized carbons (Fsp3) is 0.500. The van der Waals surface area contributed by atoms with Gasteiger partial charge in [0.25, 0.3) is 0 Å². The van der Waals surface area contributed by atoms with E-state index in [1.165, 1.54) is 0 Å². The molecule has 2 atom stereocenters. The number of benzene rings is 1. The van der Waals surface area contributed by atoms with E-state index >= 15 is 0 Å². The van der Waals surface area contributed by atoms with E-state index in [0.717, 1.165) is 4.47 Å². The average Bonchev–Trinajstić information content (AvgIpc) is 2.24. The minimum absolute atomic E-state index is 0.515. The summed E-state index contributed by atoms with van der Waals surface area (Å²) in [6.07, 6.45) is 0. The molecule has 1 rings (SSSR count). The molecule has 1 aromatic rings. The van der Waals surface area contributed by atoms with Gasteiger partial charge < -0.3 is 0 Å². The van der Waals surface area contributed by atoms with Gasteiger partial charge in [-0.3, -0.25) is 0 Å². The van der Waals surface area contributed by atoms with Gasteiger partial charge in [0.15, 0.2) is 0 Å². The number of rotatable bonds is 3. The number of hydrogen-bond acceptors (Lipinski definition) is 1. The van der Waals surface area contributed by atoms with Crippen molar-refractivity contribution in [1.29, 1.82) is 0 Å². The Morgan fingerprint density at radius 1 is 1.38 bits per heavy atom. The van der Waals surface area contributed by atoms with Crippen LogP contribution in [0.4, 0.5) is 0 Å². The molecule has 0 bridgehead atoms. The summed E-state index contributed by atoms with van der Waals surface area (Å²) >= 11 is 3.31. The maximum Gasteiger partial charge on any atom is 0.0975 e. The van der Waals surface area contributed by atoms with Crippen molar-refractivity contribution in [2.24, 2.45) is 0 Å². The molecule has 0 aromatic heterocycles. The largest absolute Gasteiger partial charge is 0.242 e. The Morgan fingerprint density at radius 2 is 1.94 bits per heavy atom. The second kappa shape index (κ2) is 5.43. The monoisotopic (exact) mass is 306 g/mol. The quantitative estimate of drug-likeness (QED) is 0.909. The third kappa shape index (κ3) is 4.00. The van der Waals surface area contributed by atoms with Crippen molar-refractivity contribution < 1.29 is 8.32 Å². The maximum atomic E-state index is 12.1. The maximum absolute atomic E-state index is 12.1. The molecular formula is C12H18BrNOS. The van der Waals surface area contributed by atoms with Crippen LogP contribution >= 0.6 is 15.9 Å². The van der Waals surface area contributed by atoms with Gasteiger partial charge in [-0.15, -0.1) is 0 Å². The van der Waals surface area contributed by atoms with Gasteiger partial charge in [0.1, 0.15) is 0 Å². The Labute approximate surface area is 113 Å². The predicted octanol–water partition coefficient (Wildman–Crippen LogP) is 3.56. The summed E-state index contributed by atoms with van der Waals surface area (Å²) in [6, 6.07) is 6.04. The molecule has 16 heavy (non-hydrogen) atoms. The minimum atomic E-state index is -2.26. The van der Waals surface area contributed by atoms with E-state index in [2.05, 4.69) is 20.7 Å². The Morgan fingerprint density at radius 3 is 2.38 bits per heavy atom. The Hall–Kier alpha value is -0.190. The molecule has 0 aliphatic heterocycles. The molecule has 1 N–H and O–H groups in total. The number of halogens is 1. The molecule has 0 amide bonds. The third-order valence-corrected chi connectivity index (χ3v) is 4.08. The summed E-state index contributed by atoms with van der Waals surface area (Å²) in [5, 5.41) is 0. The highest BCUT2D eigenvalue weighted by Gasteiger charge is 2.21. The number of hydrogen-bond donors (Lipinski definition) is 1. The topological polar surface area (TPSA) is 29.1 Å². The van der Waals surface area contributed by atoms with Crippen LogP contribution in [0.1, 0.15) is 43.3 Å². The lowest BCUT2D eigenvalue weighted by Gasteiger charge is -2.22. The summed E-state index contributed by atoms with van der Waals surface area (Å²) in [5.74, 6) is 0. The van der Waals surface area contributed by atoms with E-state index in [-0.39, 0.29) is 0 Å². The summed E-state index contributed by atoms with van der Waals surface area (Å²) in [4.78, 5) is 0. The first kappa shape index (κ1) is 9.80. The molecule has 0 aliphatic carbocycles. The molecule has 0 heterocycles. The van der Waals surface area contributed by atoms with Gasteiger partial charge in [0, 0.05) is 14.6 Å². The van der Waals surface area contributed by atoms with Crippen LogP contribution in [0, 0.1) is 0 Å². The van der Waals surface area contributed by atoms with E-state index in [0.29, 0.717) is 5.56 Å². The summed E-state index contributed by atoms with van der Waals surface area (Å²) in [6.45, 7) is 3.14. The minimum Gasteiger partial charge on any atom is -0.242 e. The van der Waals surface area contributed by atoms with Crippen LogP contribution in [0.15, 0.2) is 28.7 Å². The Balaban J connectivity index is 3.04. The van der Waals surface area contributed by atoms with E-state index in [1.54, 1.807) is 45.0 Å². The molecular weight excluding hydrogens is 286 g/mol. The molecule has 0 fully saturated rings. The van der Waals surface area contributed by atoms with Crippen molar-refractivity contribution in [3.8, 4) is 0 Å². The zero-order valence-electron chi connectivity index (χ0n) is 12.6. The fourth-order valence-corrected chi connectivity index (χ4v) is 1.98. The molecule has 0 saturated heterocycles. The van der Waals surface area contributed by atoms with E-state index in [1.807, 2.05) is 0 Å². The second-order valence-electron chi connectivity index (χ2n) is 4.48. The first-order chi connectivity index (χ1) is 8.51. The van der Waals surface area contributed by atoms with Crippen molar-refractivity contribution in [1.82, 2.24) is 4.72 Å². The van der Waals surface area contributed by atoms with E-state index < -0.39 is 28.6 Å². The van der Waals surface area contributed by atoms with Gasteiger partial charge in [0.05, 0.1) is 15.7 Å². The van der Waals surface area contributed by atoms with Gasteiger partial charge in [-0.05, 0) is 45.3 Å². The normalized spacial score (nSPS) is 19.4. The van der Waals surface area contributed by atoms with Crippen LogP contribution in [-0.2, 0) is 11.0 Å². The van der Waals surface area contributed by atoms with Crippen LogP contribution in [0.25, 0.3) is 0 Å². The molecule has 0 spiro atoms. The van der Waals surface area contributed by atoms with Gasteiger partial charge in [-0.2, -0.15) is 0 Å². The fourth-order valence-electron chi connectivity index (χ4n) is 1.01. The van der Waals surface area contributed by atoms with Crippen molar-refractivity contribution in [3.05, 3.63) is 34.3 Å². The Kier molecular flexibility index (Phi) is 3.33. The second-order valence-corrected chi connectivity index (χ2v) is 7.40. The first-order valence-corrected chi connectivity index (χ1v) is 6.89. The highest BCUT2D eigenvalue weighted by Crippen LogP contribution is 2.19. The predicted molar refractivity (Wildman–Crippen MR) is 73.6 cm³/mol. The highest BCUT2D eigenvalue weighted by molar-refractivity contribution is 9.10. The van der Waals surface area contributed by atoms with Crippen molar-refractivity contribution in [2.75, 3.05) is 0 Å². The van der Waals surface area contributed by atoms with Gasteiger partial charge in [-0.1, -0.05) is 28.1 Å². The van der Waals surface area contributed by atoms with Gasteiger partial charge in [-0.25, -0.2) is 8.93 Å². The van der Waals surface area contributed by atoms with E-state index in [9.17, 15) is 4.21 Å². The summed E-state index contributed by atoms with van der Waals surface area (Å²) in [7, 11) is -1.44. The zero-order valence-corrected chi connectivity index (χ0v) is 12.0. The zero-order chi connectivity index (χ0) is 14.8. The van der Waals surface area contributed by atoms with Crippen LogP contribution in [-0.4, -0.2) is 8.96 Å². The van der Waals surface area contributed by atoms with Crippen LogP contribution in [0.2, 0.25) is 0 Å². The van der Waals surface area contributed by atoms with Gasteiger partial charge in [0.2, 0.25) is 0 Å². The molecule has 0 radical (unpaired) electrons. The van der Waals surface area contributed by atoms with Gasteiger partial charge >= 0.3 is 0 Å². The molecule has 2 nitrogen and oxygen atoms in total. The van der Waals surface area contributed by atoms with Crippen LogP contribution < -0.4 is 4.72 Å². The standard InChI is InChI=1S/C12H18BrNOS/c1-9(14-16(15)12(2,3)4)10-5-7-11(13)8-6-10/h5-9,14H,1-4H3/t9-,16-/m0/s1/i1D3. The van der Waals surface area contributed by atoms with Crippen LogP contribution in [0.5, 0.6) is 0 Å². The summed E-state index contributed by atoms with van der Waals surface area (Å²) < 4.78 is 38.0. The molecule has 0 saturated carbocycles. The van der Waals surface area contributed by atoms with E-state index in [4.69, 9.17) is 4.11 Å². The highest BCUT2D eigenvalue weighted by atomic mass is 79.9.